The Morgan fingerprint density at radius 3 is 2.69 bits per heavy atom. The highest BCUT2D eigenvalue weighted by atomic mass is 35.5. The van der Waals surface area contributed by atoms with Crippen LogP contribution in [0.2, 0.25) is 0 Å². The first-order chi connectivity index (χ1) is 6.11. The topological polar surface area (TPSA) is 37.4 Å². The standard InChI is InChI=1S/C8H16ClNO2S/c1-2-8-5-3-4-6-10(8)13(11,12)7-9/h8H,2-7H2,1H3. The number of piperidine rings is 1. The van der Waals surface area contributed by atoms with Gasteiger partial charge in [-0.15, -0.1) is 11.6 Å². The van der Waals surface area contributed by atoms with Crippen LogP contribution < -0.4 is 0 Å². The lowest BCUT2D eigenvalue weighted by Crippen LogP contribution is -2.43. The van der Waals surface area contributed by atoms with Crippen LogP contribution in [-0.2, 0) is 10.0 Å². The van der Waals surface area contributed by atoms with Gasteiger partial charge in [-0.1, -0.05) is 13.3 Å². The number of hydrogen-bond acceptors (Lipinski definition) is 2. The number of rotatable bonds is 3. The highest BCUT2D eigenvalue weighted by Crippen LogP contribution is 2.23. The molecule has 0 bridgehead atoms. The average molecular weight is 226 g/mol. The Morgan fingerprint density at radius 2 is 2.15 bits per heavy atom. The van der Waals surface area contributed by atoms with Gasteiger partial charge in [0.05, 0.1) is 0 Å². The zero-order valence-corrected chi connectivity index (χ0v) is 9.44. The van der Waals surface area contributed by atoms with E-state index in [1.165, 1.54) is 0 Å². The van der Waals surface area contributed by atoms with Gasteiger partial charge in [0.15, 0.2) is 0 Å². The summed E-state index contributed by atoms with van der Waals surface area (Å²) in [6.45, 7) is 2.67. The fourth-order valence-corrected chi connectivity index (χ4v) is 3.43. The van der Waals surface area contributed by atoms with Gasteiger partial charge >= 0.3 is 0 Å². The van der Waals surface area contributed by atoms with Crippen molar-refractivity contribution in [2.24, 2.45) is 0 Å². The summed E-state index contributed by atoms with van der Waals surface area (Å²) in [6, 6.07) is 0.178. The van der Waals surface area contributed by atoms with Crippen molar-refractivity contribution >= 4 is 21.6 Å². The van der Waals surface area contributed by atoms with Gasteiger partial charge in [-0.2, -0.15) is 4.31 Å². The number of hydrogen-bond donors (Lipinski definition) is 0. The molecule has 5 heteroatoms. The second-order valence-electron chi connectivity index (χ2n) is 3.39. The maximum absolute atomic E-state index is 11.5. The van der Waals surface area contributed by atoms with Crippen molar-refractivity contribution in [3.05, 3.63) is 0 Å². The van der Waals surface area contributed by atoms with Crippen LogP contribution in [0, 0.1) is 0 Å². The normalized spacial score (nSPS) is 26.2. The van der Waals surface area contributed by atoms with Gasteiger partial charge in [-0.3, -0.25) is 0 Å². The van der Waals surface area contributed by atoms with Gasteiger partial charge in [-0.25, -0.2) is 8.42 Å². The summed E-state index contributed by atoms with van der Waals surface area (Å²) in [5, 5.41) is -0.288. The highest BCUT2D eigenvalue weighted by Gasteiger charge is 2.30. The summed E-state index contributed by atoms with van der Waals surface area (Å²) in [7, 11) is -3.18. The Labute approximate surface area is 85.1 Å². The van der Waals surface area contributed by atoms with E-state index in [4.69, 9.17) is 11.6 Å². The fraction of sp³-hybridized carbons (Fsp3) is 1.00. The number of nitrogens with zero attached hydrogens (tertiary/aromatic N) is 1. The van der Waals surface area contributed by atoms with Crippen LogP contribution in [-0.4, -0.2) is 30.5 Å². The average Bonchev–Trinajstić information content (AvgIpc) is 2.18. The second-order valence-corrected chi connectivity index (χ2v) is 5.90. The molecule has 0 spiro atoms. The summed E-state index contributed by atoms with van der Waals surface area (Å²) in [5.41, 5.74) is 0. The molecule has 0 radical (unpaired) electrons. The predicted molar refractivity (Wildman–Crippen MR) is 54.3 cm³/mol. The van der Waals surface area contributed by atoms with E-state index in [0.29, 0.717) is 6.54 Å². The zero-order chi connectivity index (χ0) is 9.90. The molecule has 0 amide bonds. The van der Waals surface area contributed by atoms with E-state index < -0.39 is 10.0 Å². The third kappa shape index (κ3) is 2.58. The molecule has 1 unspecified atom stereocenters. The van der Waals surface area contributed by atoms with E-state index in [1.54, 1.807) is 4.31 Å². The molecule has 3 nitrogen and oxygen atoms in total. The van der Waals surface area contributed by atoms with Crippen molar-refractivity contribution in [3.63, 3.8) is 0 Å². The number of sulfonamides is 1. The summed E-state index contributed by atoms with van der Waals surface area (Å²) >= 11 is 5.42. The SMILES string of the molecule is CCC1CCCCN1S(=O)(=O)CCl. The monoisotopic (exact) mass is 225 g/mol. The third-order valence-corrected chi connectivity index (χ3v) is 4.84. The van der Waals surface area contributed by atoms with E-state index in [9.17, 15) is 8.42 Å². The number of alkyl halides is 1. The van der Waals surface area contributed by atoms with Crippen LogP contribution in [0.5, 0.6) is 0 Å². The molecule has 78 valence electrons. The molecule has 1 aliphatic rings. The van der Waals surface area contributed by atoms with Crippen LogP contribution in [0.4, 0.5) is 0 Å². The van der Waals surface area contributed by atoms with Crippen molar-refractivity contribution in [2.45, 2.75) is 38.6 Å². The van der Waals surface area contributed by atoms with Gasteiger partial charge in [0.25, 0.3) is 0 Å². The van der Waals surface area contributed by atoms with Crippen molar-refractivity contribution in [1.29, 1.82) is 0 Å². The van der Waals surface area contributed by atoms with E-state index in [0.717, 1.165) is 25.7 Å². The predicted octanol–water partition coefficient (Wildman–Crippen LogP) is 1.78. The van der Waals surface area contributed by atoms with Gasteiger partial charge in [0.1, 0.15) is 5.21 Å². The van der Waals surface area contributed by atoms with Crippen molar-refractivity contribution in [2.75, 3.05) is 11.8 Å². The smallest absolute Gasteiger partial charge is 0.211 e. The summed E-state index contributed by atoms with van der Waals surface area (Å²) < 4.78 is 24.6. The quantitative estimate of drug-likeness (QED) is 0.687. The highest BCUT2D eigenvalue weighted by molar-refractivity contribution is 7.90. The molecular weight excluding hydrogens is 210 g/mol. The molecule has 1 fully saturated rings. The molecule has 0 aromatic carbocycles. The Bertz CT molecular complexity index is 253. The van der Waals surface area contributed by atoms with Crippen LogP contribution in [0.1, 0.15) is 32.6 Å². The molecular formula is C8H16ClNO2S. The minimum atomic E-state index is -3.18. The first-order valence-electron chi connectivity index (χ1n) is 4.67. The molecule has 1 aliphatic heterocycles. The lowest BCUT2D eigenvalue weighted by molar-refractivity contribution is 0.248. The third-order valence-electron chi connectivity index (χ3n) is 2.54. The minimum Gasteiger partial charge on any atom is -0.211 e. The van der Waals surface area contributed by atoms with Crippen molar-refractivity contribution < 1.29 is 8.42 Å². The molecule has 1 atom stereocenters. The van der Waals surface area contributed by atoms with Crippen LogP contribution in [0.3, 0.4) is 0 Å². The van der Waals surface area contributed by atoms with Gasteiger partial charge in [0.2, 0.25) is 10.0 Å². The van der Waals surface area contributed by atoms with Gasteiger partial charge in [0, 0.05) is 12.6 Å². The van der Waals surface area contributed by atoms with E-state index in [2.05, 4.69) is 0 Å². The largest absolute Gasteiger partial charge is 0.228 e. The van der Waals surface area contributed by atoms with Gasteiger partial charge in [-0.05, 0) is 19.3 Å². The van der Waals surface area contributed by atoms with E-state index in [-0.39, 0.29) is 11.3 Å². The Balaban J connectivity index is 2.75. The summed E-state index contributed by atoms with van der Waals surface area (Å²) in [6.07, 6.45) is 3.96. The molecule has 1 rings (SSSR count). The first kappa shape index (κ1) is 11.3. The van der Waals surface area contributed by atoms with Crippen LogP contribution in [0.25, 0.3) is 0 Å². The Hall–Kier alpha value is 0.200. The van der Waals surface area contributed by atoms with E-state index in [1.807, 2.05) is 6.92 Å². The Kier molecular flexibility index (Phi) is 4.01. The van der Waals surface area contributed by atoms with Crippen molar-refractivity contribution in [1.82, 2.24) is 4.31 Å². The maximum atomic E-state index is 11.5. The fourth-order valence-electron chi connectivity index (χ4n) is 1.81. The Morgan fingerprint density at radius 1 is 1.46 bits per heavy atom. The van der Waals surface area contributed by atoms with E-state index >= 15 is 0 Å². The summed E-state index contributed by atoms with van der Waals surface area (Å²) in [5.74, 6) is 0. The molecule has 1 heterocycles. The molecule has 13 heavy (non-hydrogen) atoms. The molecule has 0 saturated carbocycles. The maximum Gasteiger partial charge on any atom is 0.228 e. The number of halogens is 1. The summed E-state index contributed by atoms with van der Waals surface area (Å²) in [4.78, 5) is 0. The van der Waals surface area contributed by atoms with Crippen LogP contribution in [0.15, 0.2) is 0 Å². The molecule has 1 saturated heterocycles. The van der Waals surface area contributed by atoms with Crippen LogP contribution >= 0.6 is 11.6 Å². The molecule has 0 N–H and O–H groups in total. The lowest BCUT2D eigenvalue weighted by atomic mass is 10.0. The minimum absolute atomic E-state index is 0.178. The molecule has 0 aromatic heterocycles. The van der Waals surface area contributed by atoms with Gasteiger partial charge < -0.3 is 0 Å². The zero-order valence-electron chi connectivity index (χ0n) is 7.87. The lowest BCUT2D eigenvalue weighted by Gasteiger charge is -2.33. The molecule has 0 aliphatic carbocycles. The second kappa shape index (κ2) is 4.62. The molecule has 0 aromatic rings. The first-order valence-corrected chi connectivity index (χ1v) is 6.81. The van der Waals surface area contributed by atoms with Crippen molar-refractivity contribution in [3.8, 4) is 0 Å².